The van der Waals surface area contributed by atoms with Crippen LogP contribution in [0.2, 0.25) is 0 Å². The van der Waals surface area contributed by atoms with Crippen molar-refractivity contribution in [3.05, 3.63) is 29.3 Å². The first-order valence-electron chi connectivity index (χ1n) is 6.59. The van der Waals surface area contributed by atoms with Gasteiger partial charge in [-0.15, -0.1) is 0 Å². The highest BCUT2D eigenvalue weighted by atomic mass is 19.4. The first-order valence-corrected chi connectivity index (χ1v) is 6.59. The van der Waals surface area contributed by atoms with Gasteiger partial charge in [0.2, 0.25) is 0 Å². The Morgan fingerprint density at radius 2 is 2.20 bits per heavy atom. The molecule has 1 aliphatic rings. The van der Waals surface area contributed by atoms with Gasteiger partial charge in [0.15, 0.2) is 0 Å². The summed E-state index contributed by atoms with van der Waals surface area (Å²) in [6.07, 6.45) is -1.26. The van der Waals surface area contributed by atoms with Crippen LogP contribution >= 0.6 is 0 Å². The Balaban J connectivity index is 1.97. The van der Waals surface area contributed by atoms with Crippen molar-refractivity contribution in [2.45, 2.75) is 31.5 Å². The fourth-order valence-electron chi connectivity index (χ4n) is 2.39. The lowest BCUT2D eigenvalue weighted by Crippen LogP contribution is -2.24. The average Bonchev–Trinajstić information content (AvgIpc) is 2.90. The maximum atomic E-state index is 12.6. The van der Waals surface area contributed by atoms with E-state index in [-0.39, 0.29) is 5.56 Å². The molecule has 1 heterocycles. The van der Waals surface area contributed by atoms with E-state index in [0.717, 1.165) is 25.5 Å². The number of rotatable bonds is 4. The predicted molar refractivity (Wildman–Crippen MR) is 70.3 cm³/mol. The summed E-state index contributed by atoms with van der Waals surface area (Å²) in [4.78, 5) is 0. The Labute approximate surface area is 115 Å². The van der Waals surface area contributed by atoms with Crippen molar-refractivity contribution < 1.29 is 13.2 Å². The minimum Gasteiger partial charge on any atom is -0.385 e. The van der Waals surface area contributed by atoms with Crippen LogP contribution in [-0.2, 0) is 6.18 Å². The summed E-state index contributed by atoms with van der Waals surface area (Å²) in [5, 5.41) is 15.2. The largest absolute Gasteiger partial charge is 0.417 e. The molecule has 0 amide bonds. The zero-order chi connectivity index (χ0) is 14.6. The fourth-order valence-corrected chi connectivity index (χ4v) is 2.39. The van der Waals surface area contributed by atoms with Gasteiger partial charge in [0, 0.05) is 18.3 Å². The summed E-state index contributed by atoms with van der Waals surface area (Å²) in [5.41, 5.74) is -0.683. The zero-order valence-electron chi connectivity index (χ0n) is 10.9. The van der Waals surface area contributed by atoms with Gasteiger partial charge in [-0.2, -0.15) is 18.4 Å². The van der Waals surface area contributed by atoms with Gasteiger partial charge in [-0.05, 0) is 44.0 Å². The third-order valence-electron chi connectivity index (χ3n) is 3.43. The number of benzene rings is 1. The number of nitrogens with one attached hydrogen (secondary N) is 2. The molecule has 1 aromatic carbocycles. The summed E-state index contributed by atoms with van der Waals surface area (Å²) in [6.45, 7) is 1.71. The van der Waals surface area contributed by atoms with Crippen molar-refractivity contribution in [2.24, 2.45) is 0 Å². The Bertz CT molecular complexity index is 499. The third kappa shape index (κ3) is 3.64. The summed E-state index contributed by atoms with van der Waals surface area (Å²) in [6, 6.07) is 5.66. The smallest absolute Gasteiger partial charge is 0.385 e. The summed E-state index contributed by atoms with van der Waals surface area (Å²) < 4.78 is 37.9. The number of hydrogen-bond acceptors (Lipinski definition) is 3. The van der Waals surface area contributed by atoms with E-state index in [9.17, 15) is 13.2 Å². The van der Waals surface area contributed by atoms with E-state index in [1.165, 1.54) is 18.6 Å². The van der Waals surface area contributed by atoms with Gasteiger partial charge in [-0.3, -0.25) is 0 Å². The molecule has 0 aliphatic carbocycles. The van der Waals surface area contributed by atoms with Gasteiger partial charge in [-0.1, -0.05) is 0 Å². The molecule has 2 rings (SSSR count). The zero-order valence-corrected chi connectivity index (χ0v) is 10.9. The van der Waals surface area contributed by atoms with Crippen molar-refractivity contribution in [1.82, 2.24) is 5.32 Å². The maximum Gasteiger partial charge on any atom is 0.417 e. The van der Waals surface area contributed by atoms with Crippen molar-refractivity contribution in [3.8, 4) is 6.07 Å². The highest BCUT2D eigenvalue weighted by Gasteiger charge is 2.33. The Kier molecular flexibility index (Phi) is 4.50. The van der Waals surface area contributed by atoms with Crippen LogP contribution in [0, 0.1) is 11.3 Å². The average molecular weight is 283 g/mol. The molecule has 1 aliphatic heterocycles. The SMILES string of the molecule is N#Cc1cc(NCC[C@H]2CCCN2)ccc1C(F)(F)F. The Morgan fingerprint density at radius 1 is 1.40 bits per heavy atom. The van der Waals surface area contributed by atoms with Crippen molar-refractivity contribution in [1.29, 1.82) is 5.26 Å². The second-order valence-electron chi connectivity index (χ2n) is 4.88. The molecule has 6 heteroatoms. The van der Waals surface area contributed by atoms with Gasteiger partial charge >= 0.3 is 6.18 Å². The Hall–Kier alpha value is -1.74. The number of anilines is 1. The topological polar surface area (TPSA) is 47.9 Å². The third-order valence-corrected chi connectivity index (χ3v) is 3.43. The normalized spacial score (nSPS) is 18.8. The fraction of sp³-hybridized carbons (Fsp3) is 0.500. The molecular weight excluding hydrogens is 267 g/mol. The molecule has 108 valence electrons. The summed E-state index contributed by atoms with van der Waals surface area (Å²) in [5.74, 6) is 0. The minimum absolute atomic E-state index is 0.346. The van der Waals surface area contributed by atoms with Crippen molar-refractivity contribution in [2.75, 3.05) is 18.4 Å². The number of alkyl halides is 3. The van der Waals surface area contributed by atoms with E-state index in [4.69, 9.17) is 5.26 Å². The molecule has 0 spiro atoms. The van der Waals surface area contributed by atoms with Gasteiger partial charge in [-0.25, -0.2) is 0 Å². The molecule has 3 nitrogen and oxygen atoms in total. The number of nitriles is 1. The van der Waals surface area contributed by atoms with Gasteiger partial charge in [0.25, 0.3) is 0 Å². The van der Waals surface area contributed by atoms with Crippen LogP contribution in [0.5, 0.6) is 0 Å². The van der Waals surface area contributed by atoms with Crippen LogP contribution in [0.3, 0.4) is 0 Å². The first kappa shape index (κ1) is 14.7. The van der Waals surface area contributed by atoms with Crippen LogP contribution in [0.4, 0.5) is 18.9 Å². The molecular formula is C14H16F3N3. The predicted octanol–water partition coefficient (Wildman–Crippen LogP) is 3.13. The van der Waals surface area contributed by atoms with Crippen LogP contribution in [0.1, 0.15) is 30.4 Å². The molecule has 0 unspecified atom stereocenters. The van der Waals surface area contributed by atoms with E-state index in [0.29, 0.717) is 18.3 Å². The number of hydrogen-bond donors (Lipinski definition) is 2. The van der Waals surface area contributed by atoms with Gasteiger partial charge < -0.3 is 10.6 Å². The van der Waals surface area contributed by atoms with E-state index in [2.05, 4.69) is 10.6 Å². The lowest BCUT2D eigenvalue weighted by atomic mass is 10.1. The van der Waals surface area contributed by atoms with Gasteiger partial charge in [0.05, 0.1) is 17.2 Å². The van der Waals surface area contributed by atoms with Crippen LogP contribution in [0.25, 0.3) is 0 Å². The quantitative estimate of drug-likeness (QED) is 0.892. The number of halogens is 3. The van der Waals surface area contributed by atoms with Crippen molar-refractivity contribution >= 4 is 5.69 Å². The molecule has 1 aromatic rings. The van der Waals surface area contributed by atoms with Crippen LogP contribution in [-0.4, -0.2) is 19.1 Å². The molecule has 0 saturated carbocycles. The van der Waals surface area contributed by atoms with Crippen LogP contribution < -0.4 is 10.6 Å². The minimum atomic E-state index is -4.49. The van der Waals surface area contributed by atoms with Crippen molar-refractivity contribution in [3.63, 3.8) is 0 Å². The van der Waals surface area contributed by atoms with E-state index in [1.54, 1.807) is 6.07 Å². The molecule has 1 saturated heterocycles. The molecule has 0 radical (unpaired) electrons. The lowest BCUT2D eigenvalue weighted by Gasteiger charge is -2.13. The molecule has 0 aromatic heterocycles. The summed E-state index contributed by atoms with van der Waals surface area (Å²) >= 11 is 0. The van der Waals surface area contributed by atoms with E-state index in [1.807, 2.05) is 0 Å². The highest BCUT2D eigenvalue weighted by molar-refractivity contribution is 5.53. The second kappa shape index (κ2) is 6.14. The maximum absolute atomic E-state index is 12.6. The molecule has 2 N–H and O–H groups in total. The molecule has 0 bridgehead atoms. The van der Waals surface area contributed by atoms with Crippen LogP contribution in [0.15, 0.2) is 18.2 Å². The van der Waals surface area contributed by atoms with E-state index < -0.39 is 11.7 Å². The molecule has 1 atom stereocenters. The van der Waals surface area contributed by atoms with E-state index >= 15 is 0 Å². The Morgan fingerprint density at radius 3 is 2.80 bits per heavy atom. The first-order chi connectivity index (χ1) is 9.50. The molecule has 1 fully saturated rings. The monoisotopic (exact) mass is 283 g/mol. The second-order valence-corrected chi connectivity index (χ2v) is 4.88. The molecule has 20 heavy (non-hydrogen) atoms. The van der Waals surface area contributed by atoms with Gasteiger partial charge in [0.1, 0.15) is 0 Å². The lowest BCUT2D eigenvalue weighted by molar-refractivity contribution is -0.137. The number of nitrogens with zero attached hydrogens (tertiary/aromatic N) is 1. The standard InChI is InChI=1S/C14H16F3N3/c15-14(16,17)13-4-3-12(8-10(13)9-18)20-7-5-11-2-1-6-19-11/h3-4,8,11,19-20H,1-2,5-7H2/t11-/m1/s1. The highest BCUT2D eigenvalue weighted by Crippen LogP contribution is 2.32. The summed E-state index contributed by atoms with van der Waals surface area (Å²) in [7, 11) is 0.